The Hall–Kier alpha value is -3.54. The van der Waals surface area contributed by atoms with Gasteiger partial charge in [0.1, 0.15) is 17.9 Å². The van der Waals surface area contributed by atoms with Gasteiger partial charge in [-0.1, -0.05) is 0 Å². The molecule has 0 aliphatic heterocycles. The summed E-state index contributed by atoms with van der Waals surface area (Å²) in [5.41, 5.74) is 4.25. The van der Waals surface area contributed by atoms with Crippen LogP contribution in [-0.2, 0) is 0 Å². The Labute approximate surface area is 150 Å². The second-order valence-electron chi connectivity index (χ2n) is 5.96. The van der Waals surface area contributed by atoms with E-state index >= 15 is 0 Å². The average molecular weight is 343 g/mol. The third kappa shape index (κ3) is 3.30. The first-order chi connectivity index (χ1) is 12.7. The smallest absolute Gasteiger partial charge is 0.321 e. The van der Waals surface area contributed by atoms with Crippen molar-refractivity contribution in [2.24, 2.45) is 0 Å². The van der Waals surface area contributed by atoms with Crippen LogP contribution in [0.3, 0.4) is 0 Å². The lowest BCUT2D eigenvalue weighted by molar-refractivity contribution is 0.442. The second kappa shape index (κ2) is 6.76. The molecule has 6 nitrogen and oxygen atoms in total. The molecule has 0 amide bonds. The number of fused-ring (bicyclic) bond motifs is 1. The van der Waals surface area contributed by atoms with Crippen molar-refractivity contribution in [3.8, 4) is 11.8 Å². The van der Waals surface area contributed by atoms with Gasteiger partial charge < -0.3 is 10.1 Å². The Balaban J connectivity index is 1.58. The maximum absolute atomic E-state index is 5.61. The SMILES string of the molecule is Cc1cc2ncnc(Nc3ccc(Oc4ncccn4)cc3)c2cc1C. The van der Waals surface area contributed by atoms with Gasteiger partial charge in [-0.15, -0.1) is 0 Å². The Morgan fingerprint density at radius 2 is 1.58 bits per heavy atom. The van der Waals surface area contributed by atoms with E-state index in [4.69, 9.17) is 4.74 Å². The summed E-state index contributed by atoms with van der Waals surface area (Å²) in [6.45, 7) is 4.17. The zero-order chi connectivity index (χ0) is 17.9. The lowest BCUT2D eigenvalue weighted by Crippen LogP contribution is -1.97. The van der Waals surface area contributed by atoms with Crippen molar-refractivity contribution < 1.29 is 4.74 Å². The molecule has 0 aliphatic carbocycles. The number of hydrogen-bond donors (Lipinski definition) is 1. The molecule has 26 heavy (non-hydrogen) atoms. The lowest BCUT2D eigenvalue weighted by atomic mass is 10.1. The van der Waals surface area contributed by atoms with Crippen LogP contribution in [0.25, 0.3) is 10.9 Å². The van der Waals surface area contributed by atoms with Crippen molar-refractivity contribution in [3.05, 3.63) is 72.3 Å². The number of nitrogens with one attached hydrogen (secondary N) is 1. The highest BCUT2D eigenvalue weighted by Crippen LogP contribution is 2.27. The fourth-order valence-electron chi connectivity index (χ4n) is 2.60. The van der Waals surface area contributed by atoms with E-state index in [0.29, 0.717) is 11.8 Å². The minimum Gasteiger partial charge on any atom is -0.424 e. The fourth-order valence-corrected chi connectivity index (χ4v) is 2.60. The number of anilines is 2. The maximum atomic E-state index is 5.61. The van der Waals surface area contributed by atoms with Crippen LogP contribution in [0.15, 0.2) is 61.2 Å². The molecule has 0 bridgehead atoms. The summed E-state index contributed by atoms with van der Waals surface area (Å²) in [6, 6.07) is 13.8. The highest BCUT2D eigenvalue weighted by atomic mass is 16.5. The minimum atomic E-state index is 0.320. The third-order valence-electron chi connectivity index (χ3n) is 4.12. The quantitative estimate of drug-likeness (QED) is 0.585. The summed E-state index contributed by atoms with van der Waals surface area (Å²) in [4.78, 5) is 16.8. The number of ether oxygens (including phenoxy) is 1. The molecular weight excluding hydrogens is 326 g/mol. The summed E-state index contributed by atoms with van der Waals surface area (Å²) in [5, 5.41) is 4.34. The molecule has 0 fully saturated rings. The van der Waals surface area contributed by atoms with Gasteiger partial charge in [-0.25, -0.2) is 19.9 Å². The molecule has 6 heteroatoms. The normalized spacial score (nSPS) is 10.7. The van der Waals surface area contributed by atoms with Gasteiger partial charge in [-0.2, -0.15) is 0 Å². The van der Waals surface area contributed by atoms with Crippen LogP contribution in [0, 0.1) is 13.8 Å². The predicted molar refractivity (Wildman–Crippen MR) is 101 cm³/mol. The van der Waals surface area contributed by atoms with Crippen LogP contribution in [0.1, 0.15) is 11.1 Å². The highest BCUT2D eigenvalue weighted by Gasteiger charge is 2.07. The topological polar surface area (TPSA) is 72.8 Å². The van der Waals surface area contributed by atoms with E-state index in [-0.39, 0.29) is 0 Å². The van der Waals surface area contributed by atoms with Crippen LogP contribution in [-0.4, -0.2) is 19.9 Å². The van der Waals surface area contributed by atoms with E-state index < -0.39 is 0 Å². The van der Waals surface area contributed by atoms with Gasteiger partial charge in [-0.05, 0) is 67.4 Å². The zero-order valence-electron chi connectivity index (χ0n) is 14.5. The summed E-state index contributed by atoms with van der Waals surface area (Å²) in [7, 11) is 0. The van der Waals surface area contributed by atoms with Crippen LogP contribution < -0.4 is 10.1 Å². The molecule has 2 heterocycles. The third-order valence-corrected chi connectivity index (χ3v) is 4.12. The van der Waals surface area contributed by atoms with E-state index in [1.807, 2.05) is 24.3 Å². The van der Waals surface area contributed by atoms with Crippen molar-refractivity contribution in [1.29, 1.82) is 0 Å². The monoisotopic (exact) mass is 343 g/mol. The van der Waals surface area contributed by atoms with E-state index in [2.05, 4.69) is 51.2 Å². The van der Waals surface area contributed by atoms with Crippen molar-refractivity contribution in [2.75, 3.05) is 5.32 Å². The highest BCUT2D eigenvalue weighted by molar-refractivity contribution is 5.91. The number of aromatic nitrogens is 4. The predicted octanol–water partition coefficient (Wildman–Crippen LogP) is 4.57. The molecule has 0 spiro atoms. The van der Waals surface area contributed by atoms with Crippen LogP contribution in [0.5, 0.6) is 11.8 Å². The molecule has 0 atom stereocenters. The van der Waals surface area contributed by atoms with Gasteiger partial charge in [0.2, 0.25) is 0 Å². The van der Waals surface area contributed by atoms with Gasteiger partial charge in [0, 0.05) is 23.5 Å². The molecule has 0 unspecified atom stereocenters. The van der Waals surface area contributed by atoms with E-state index in [1.54, 1.807) is 24.8 Å². The molecule has 0 saturated carbocycles. The Bertz CT molecular complexity index is 1050. The van der Waals surface area contributed by atoms with Crippen molar-refractivity contribution in [3.63, 3.8) is 0 Å². The molecule has 2 aromatic carbocycles. The summed E-state index contributed by atoms with van der Waals surface area (Å²) in [6.07, 6.45) is 4.86. The van der Waals surface area contributed by atoms with Gasteiger partial charge in [0.05, 0.1) is 5.52 Å². The second-order valence-corrected chi connectivity index (χ2v) is 5.96. The van der Waals surface area contributed by atoms with Crippen LogP contribution in [0.2, 0.25) is 0 Å². The number of rotatable bonds is 4. The van der Waals surface area contributed by atoms with Crippen molar-refractivity contribution >= 4 is 22.4 Å². The summed E-state index contributed by atoms with van der Waals surface area (Å²) < 4.78 is 5.61. The molecule has 0 aliphatic rings. The van der Waals surface area contributed by atoms with E-state index in [9.17, 15) is 0 Å². The number of benzene rings is 2. The summed E-state index contributed by atoms with van der Waals surface area (Å²) in [5.74, 6) is 1.44. The maximum Gasteiger partial charge on any atom is 0.321 e. The molecule has 1 N–H and O–H groups in total. The molecule has 0 radical (unpaired) electrons. The lowest BCUT2D eigenvalue weighted by Gasteiger charge is -2.11. The van der Waals surface area contributed by atoms with Crippen LogP contribution in [0.4, 0.5) is 11.5 Å². The fraction of sp³-hybridized carbons (Fsp3) is 0.100. The largest absolute Gasteiger partial charge is 0.424 e. The first-order valence-electron chi connectivity index (χ1n) is 8.23. The van der Waals surface area contributed by atoms with Crippen molar-refractivity contribution in [2.45, 2.75) is 13.8 Å². The summed E-state index contributed by atoms with van der Waals surface area (Å²) >= 11 is 0. The Morgan fingerprint density at radius 1 is 0.846 bits per heavy atom. The Morgan fingerprint density at radius 3 is 2.35 bits per heavy atom. The van der Waals surface area contributed by atoms with Gasteiger partial charge in [-0.3, -0.25) is 0 Å². The molecule has 4 aromatic rings. The Kier molecular flexibility index (Phi) is 4.15. The molecule has 0 saturated heterocycles. The molecular formula is C20H17N5O. The molecule has 128 valence electrons. The first-order valence-corrected chi connectivity index (χ1v) is 8.23. The van der Waals surface area contributed by atoms with E-state index in [0.717, 1.165) is 22.4 Å². The van der Waals surface area contributed by atoms with Gasteiger partial charge in [0.25, 0.3) is 0 Å². The van der Waals surface area contributed by atoms with Crippen LogP contribution >= 0.6 is 0 Å². The van der Waals surface area contributed by atoms with Crippen molar-refractivity contribution in [1.82, 2.24) is 19.9 Å². The standard InChI is InChI=1S/C20H17N5O/c1-13-10-17-18(11-14(13)2)23-12-24-19(17)25-15-4-6-16(7-5-15)26-20-21-8-3-9-22-20/h3-12H,1-2H3,(H,23,24,25). The molecule has 2 aromatic heterocycles. The van der Waals surface area contributed by atoms with Gasteiger partial charge in [0.15, 0.2) is 0 Å². The van der Waals surface area contributed by atoms with E-state index in [1.165, 1.54) is 11.1 Å². The minimum absolute atomic E-state index is 0.320. The first kappa shape index (κ1) is 16.0. The zero-order valence-corrected chi connectivity index (χ0v) is 14.5. The molecule has 4 rings (SSSR count). The number of nitrogens with zero attached hydrogens (tertiary/aromatic N) is 4. The number of hydrogen-bond acceptors (Lipinski definition) is 6. The van der Waals surface area contributed by atoms with Gasteiger partial charge >= 0.3 is 6.01 Å². The average Bonchev–Trinajstić information content (AvgIpc) is 2.66. The number of aryl methyl sites for hydroxylation is 2.